The molecule has 0 N–H and O–H groups in total. The van der Waals surface area contributed by atoms with Gasteiger partial charge in [-0.25, -0.2) is 4.79 Å². The third-order valence-corrected chi connectivity index (χ3v) is 8.78. The fourth-order valence-corrected chi connectivity index (χ4v) is 6.67. The number of rotatable bonds is 12. The Labute approximate surface area is 292 Å². The summed E-state index contributed by atoms with van der Waals surface area (Å²) >= 11 is 0. The maximum atomic E-state index is 12.9. The lowest BCUT2D eigenvalue weighted by Crippen LogP contribution is -2.69. The van der Waals surface area contributed by atoms with Crippen LogP contribution in [0, 0.1) is 5.41 Å². The van der Waals surface area contributed by atoms with Crippen LogP contribution in [0.15, 0.2) is 42.5 Å². The Bertz CT molecular complexity index is 1440. The van der Waals surface area contributed by atoms with E-state index in [9.17, 15) is 28.8 Å². The number of hydrogen-bond donors (Lipinski definition) is 0. The molecule has 50 heavy (non-hydrogen) atoms. The fraction of sp³-hybridized carbons (Fsp3) is 0.611. The molecule has 1 aliphatic heterocycles. The summed E-state index contributed by atoms with van der Waals surface area (Å²) in [6.07, 6.45) is -3.18. The van der Waals surface area contributed by atoms with Crippen LogP contribution in [0.25, 0.3) is 0 Å². The number of carbonyl (C=O) groups is 6. The number of benzene rings is 1. The molecule has 276 valence electrons. The Hall–Kier alpha value is -4.30. The molecule has 1 aliphatic carbocycles. The molecular weight excluding hydrogens is 656 g/mol. The Kier molecular flexibility index (Phi) is 13.3. The second-order valence-electron chi connectivity index (χ2n) is 13.3. The van der Waals surface area contributed by atoms with E-state index >= 15 is 0 Å². The van der Waals surface area contributed by atoms with Crippen molar-refractivity contribution in [3.8, 4) is 0 Å². The molecule has 1 heterocycles. The summed E-state index contributed by atoms with van der Waals surface area (Å²) in [4.78, 5) is 74.5. The van der Waals surface area contributed by atoms with Gasteiger partial charge in [0.2, 0.25) is 0 Å². The summed E-state index contributed by atoms with van der Waals surface area (Å²) in [6.45, 7) is 12.5. The Balaban J connectivity index is 2.13. The van der Waals surface area contributed by atoms with Gasteiger partial charge in [-0.05, 0) is 57.4 Å². The first kappa shape index (κ1) is 40.1. The van der Waals surface area contributed by atoms with E-state index < -0.39 is 95.8 Å². The number of esters is 6. The highest BCUT2D eigenvalue weighted by molar-refractivity contribution is 5.89. The van der Waals surface area contributed by atoms with Crippen molar-refractivity contribution in [3.05, 3.63) is 48.0 Å². The second-order valence-corrected chi connectivity index (χ2v) is 13.3. The van der Waals surface area contributed by atoms with Crippen LogP contribution in [0.2, 0.25) is 0 Å². The Morgan fingerprint density at radius 1 is 0.800 bits per heavy atom. The van der Waals surface area contributed by atoms with Gasteiger partial charge in [-0.2, -0.15) is 0 Å². The third kappa shape index (κ3) is 9.69. The van der Waals surface area contributed by atoms with Crippen molar-refractivity contribution in [2.45, 2.75) is 130 Å². The molecule has 14 nitrogen and oxygen atoms in total. The lowest BCUT2D eigenvalue weighted by Gasteiger charge is -2.58. The van der Waals surface area contributed by atoms with E-state index in [1.54, 1.807) is 56.3 Å². The molecule has 1 saturated carbocycles. The summed E-state index contributed by atoms with van der Waals surface area (Å²) in [5, 5.41) is 0. The van der Waals surface area contributed by atoms with Crippen molar-refractivity contribution >= 4 is 35.8 Å². The Morgan fingerprint density at radius 3 is 1.94 bits per heavy atom. The van der Waals surface area contributed by atoms with E-state index in [4.69, 9.17) is 37.9 Å². The van der Waals surface area contributed by atoms with Gasteiger partial charge in [0.15, 0.2) is 30.2 Å². The quantitative estimate of drug-likeness (QED) is 0.172. The molecule has 1 aromatic carbocycles. The predicted molar refractivity (Wildman–Crippen MR) is 174 cm³/mol. The van der Waals surface area contributed by atoms with Crippen LogP contribution in [0.1, 0.15) is 91.9 Å². The smallest absolute Gasteiger partial charge is 0.338 e. The predicted octanol–water partition coefficient (Wildman–Crippen LogP) is 4.16. The minimum Gasteiger partial charge on any atom is -0.463 e. The summed E-state index contributed by atoms with van der Waals surface area (Å²) in [5.74, 6) is -4.21. The molecule has 0 unspecified atom stereocenters. The first-order chi connectivity index (χ1) is 23.3. The van der Waals surface area contributed by atoms with E-state index in [0.29, 0.717) is 24.8 Å². The van der Waals surface area contributed by atoms with Crippen molar-refractivity contribution in [1.29, 1.82) is 0 Å². The van der Waals surface area contributed by atoms with Gasteiger partial charge in [-0.1, -0.05) is 32.0 Å². The maximum absolute atomic E-state index is 12.9. The molecule has 0 radical (unpaired) electrons. The highest BCUT2D eigenvalue weighted by Crippen LogP contribution is 2.55. The second kappa shape index (κ2) is 16.6. The lowest BCUT2D eigenvalue weighted by molar-refractivity contribution is -0.354. The van der Waals surface area contributed by atoms with Gasteiger partial charge in [0, 0.05) is 40.0 Å². The topological polar surface area (TPSA) is 176 Å². The van der Waals surface area contributed by atoms with Gasteiger partial charge in [0.1, 0.15) is 24.4 Å². The van der Waals surface area contributed by atoms with Crippen molar-refractivity contribution in [2.75, 3.05) is 6.61 Å². The van der Waals surface area contributed by atoms with Gasteiger partial charge >= 0.3 is 35.8 Å². The summed E-state index contributed by atoms with van der Waals surface area (Å²) < 4.78 is 46.8. The van der Waals surface area contributed by atoms with Gasteiger partial charge in [0.05, 0.1) is 5.56 Å². The van der Waals surface area contributed by atoms with Crippen molar-refractivity contribution in [3.63, 3.8) is 0 Å². The first-order valence-corrected chi connectivity index (χ1v) is 16.4. The molecule has 8 atom stereocenters. The van der Waals surface area contributed by atoms with Crippen molar-refractivity contribution < 1.29 is 66.7 Å². The zero-order chi connectivity index (χ0) is 37.4. The van der Waals surface area contributed by atoms with Crippen LogP contribution in [0.4, 0.5) is 0 Å². The molecule has 2 fully saturated rings. The minimum atomic E-state index is -1.54. The highest BCUT2D eigenvalue weighted by Gasteiger charge is 2.64. The number of carbonyl (C=O) groups excluding carboxylic acids is 6. The highest BCUT2D eigenvalue weighted by atomic mass is 16.7. The molecule has 1 aromatic rings. The molecule has 14 heteroatoms. The van der Waals surface area contributed by atoms with E-state index in [1.807, 2.05) is 13.8 Å². The van der Waals surface area contributed by atoms with E-state index in [2.05, 4.69) is 0 Å². The molecule has 0 bridgehead atoms. The van der Waals surface area contributed by atoms with E-state index in [-0.39, 0.29) is 0 Å². The van der Waals surface area contributed by atoms with Crippen molar-refractivity contribution in [2.24, 2.45) is 5.41 Å². The third-order valence-electron chi connectivity index (χ3n) is 8.78. The zero-order valence-electron chi connectivity index (χ0n) is 30.0. The van der Waals surface area contributed by atoms with Crippen LogP contribution in [-0.4, -0.2) is 90.4 Å². The minimum absolute atomic E-state index is 0.291. The number of ether oxygens (including phenoxy) is 8. The molecule has 0 spiro atoms. The largest absolute Gasteiger partial charge is 0.463 e. The van der Waals surface area contributed by atoms with Crippen LogP contribution in [-0.2, 0) is 61.9 Å². The molecule has 1 saturated heterocycles. The molecule has 2 aliphatic rings. The summed E-state index contributed by atoms with van der Waals surface area (Å²) in [7, 11) is 0. The maximum Gasteiger partial charge on any atom is 0.338 e. The van der Waals surface area contributed by atoms with Crippen LogP contribution in [0.3, 0.4) is 0 Å². The lowest BCUT2D eigenvalue weighted by atomic mass is 9.58. The molecular formula is C36H48O14. The van der Waals surface area contributed by atoms with Crippen LogP contribution >= 0.6 is 0 Å². The Morgan fingerprint density at radius 2 is 1.38 bits per heavy atom. The van der Waals surface area contributed by atoms with Gasteiger partial charge in [-0.3, -0.25) is 24.0 Å². The molecule has 0 amide bonds. The van der Waals surface area contributed by atoms with Gasteiger partial charge in [0.25, 0.3) is 0 Å². The SMILES string of the molecule is CC(=O)OC[C@H]1O[C@@H](O[C@]2(C)CCCC(C)(C)[C@@]2(/C=C/[C@H](C)OC(=O)c2ccccc2)OC(C)=O)[C@H](OC(C)=O)[C@@H](OC(C)=O)[C@@H]1OC(C)=O. The summed E-state index contributed by atoms with van der Waals surface area (Å²) in [6, 6.07) is 8.46. The van der Waals surface area contributed by atoms with Crippen LogP contribution < -0.4 is 0 Å². The monoisotopic (exact) mass is 704 g/mol. The van der Waals surface area contributed by atoms with Gasteiger partial charge < -0.3 is 37.9 Å². The average Bonchev–Trinajstić information content (AvgIpc) is 3.00. The summed E-state index contributed by atoms with van der Waals surface area (Å²) in [5.41, 5.74) is -3.43. The normalized spacial score (nSPS) is 29.6. The number of hydrogen-bond acceptors (Lipinski definition) is 14. The molecule has 3 rings (SSSR count). The zero-order valence-corrected chi connectivity index (χ0v) is 30.0. The van der Waals surface area contributed by atoms with Crippen molar-refractivity contribution in [1.82, 2.24) is 0 Å². The van der Waals surface area contributed by atoms with Crippen LogP contribution in [0.5, 0.6) is 0 Å². The average molecular weight is 705 g/mol. The van der Waals surface area contributed by atoms with E-state index in [1.165, 1.54) is 13.8 Å². The van der Waals surface area contributed by atoms with E-state index in [0.717, 1.165) is 20.8 Å². The first-order valence-electron chi connectivity index (χ1n) is 16.4. The fourth-order valence-electron chi connectivity index (χ4n) is 6.67. The molecule has 0 aromatic heterocycles. The van der Waals surface area contributed by atoms with Gasteiger partial charge in [-0.15, -0.1) is 0 Å². The standard InChI is InChI=1S/C36H48O14/c1-21(44-32(42)27-14-11-10-12-15-27)16-19-36(49-26(6)41)34(7,8)17-13-18-35(36,9)50-33-31(47-25(5)40)30(46-24(4)39)29(45-23(3)38)28(48-33)20-43-22(2)37/h10-12,14-16,19,21,28-31,33H,13,17-18,20H2,1-9H3/b19-16+/t21-,28+,29+,30-,31+,33-,35+,36+/m0/s1.